The SMILES string of the molecule is COc1ccccc1-n1nnnc1SCC(=O)NC(C)CCCC(C)C. The number of hydrogen-bond acceptors (Lipinski definition) is 6. The van der Waals surface area contributed by atoms with E-state index in [0.717, 1.165) is 18.5 Å². The summed E-state index contributed by atoms with van der Waals surface area (Å²) in [6.07, 6.45) is 3.30. The van der Waals surface area contributed by atoms with Crippen LogP contribution in [-0.4, -0.2) is 45.0 Å². The molecule has 1 amide bonds. The van der Waals surface area contributed by atoms with Crippen LogP contribution in [0.15, 0.2) is 29.4 Å². The standard InChI is InChI=1S/C18H27N5O2S/c1-13(2)8-7-9-14(3)19-17(24)12-26-18-20-21-22-23(18)15-10-5-6-11-16(15)25-4/h5-6,10-11,13-14H,7-9,12H2,1-4H3,(H,19,24). The van der Waals surface area contributed by atoms with Crippen LogP contribution in [0.1, 0.15) is 40.0 Å². The highest BCUT2D eigenvalue weighted by Gasteiger charge is 2.15. The fraction of sp³-hybridized carbons (Fsp3) is 0.556. The number of thioether (sulfide) groups is 1. The lowest BCUT2D eigenvalue weighted by Gasteiger charge is -2.14. The van der Waals surface area contributed by atoms with Crippen LogP contribution in [0.4, 0.5) is 0 Å². The Bertz CT molecular complexity index is 704. The number of amides is 1. The van der Waals surface area contributed by atoms with E-state index in [2.05, 4.69) is 34.7 Å². The summed E-state index contributed by atoms with van der Waals surface area (Å²) >= 11 is 1.31. The topological polar surface area (TPSA) is 81.9 Å². The maximum absolute atomic E-state index is 12.2. The zero-order chi connectivity index (χ0) is 18.9. The number of aromatic nitrogens is 4. The first kappa shape index (κ1) is 20.2. The van der Waals surface area contributed by atoms with Gasteiger partial charge >= 0.3 is 0 Å². The van der Waals surface area contributed by atoms with Crippen LogP contribution >= 0.6 is 11.8 Å². The van der Waals surface area contributed by atoms with Crippen molar-refractivity contribution in [3.05, 3.63) is 24.3 Å². The molecule has 1 unspecified atom stereocenters. The normalized spacial score (nSPS) is 12.2. The van der Waals surface area contributed by atoms with Crippen molar-refractivity contribution in [3.63, 3.8) is 0 Å². The van der Waals surface area contributed by atoms with E-state index in [4.69, 9.17) is 4.74 Å². The molecule has 8 heteroatoms. The highest BCUT2D eigenvalue weighted by Crippen LogP contribution is 2.25. The molecular weight excluding hydrogens is 350 g/mol. The number of carbonyl (C=O) groups is 1. The van der Waals surface area contributed by atoms with E-state index >= 15 is 0 Å². The molecule has 2 rings (SSSR count). The highest BCUT2D eigenvalue weighted by atomic mass is 32.2. The molecule has 0 aliphatic rings. The largest absolute Gasteiger partial charge is 0.494 e. The van der Waals surface area contributed by atoms with E-state index in [1.807, 2.05) is 31.2 Å². The number of ether oxygens (including phenoxy) is 1. The monoisotopic (exact) mass is 377 g/mol. The molecule has 1 N–H and O–H groups in total. The number of rotatable bonds is 10. The number of tetrazole rings is 1. The third-order valence-corrected chi connectivity index (χ3v) is 4.83. The van der Waals surface area contributed by atoms with Crippen LogP contribution in [0.2, 0.25) is 0 Å². The van der Waals surface area contributed by atoms with E-state index in [9.17, 15) is 4.79 Å². The van der Waals surface area contributed by atoms with Gasteiger partial charge in [0.25, 0.3) is 0 Å². The number of nitrogens with zero attached hydrogens (tertiary/aromatic N) is 4. The summed E-state index contributed by atoms with van der Waals surface area (Å²) in [5.74, 6) is 1.62. The van der Waals surface area contributed by atoms with Gasteiger partial charge in [0, 0.05) is 6.04 Å². The molecular formula is C18H27N5O2S. The second kappa shape index (κ2) is 10.2. The number of para-hydroxylation sites is 2. The van der Waals surface area contributed by atoms with Gasteiger partial charge in [-0.05, 0) is 41.8 Å². The minimum absolute atomic E-state index is 0.0124. The number of benzene rings is 1. The number of carbonyl (C=O) groups excluding carboxylic acids is 1. The molecule has 1 heterocycles. The van der Waals surface area contributed by atoms with Gasteiger partial charge in [-0.25, -0.2) is 0 Å². The van der Waals surface area contributed by atoms with E-state index in [1.165, 1.54) is 18.2 Å². The van der Waals surface area contributed by atoms with Crippen molar-refractivity contribution in [2.45, 2.75) is 51.2 Å². The summed E-state index contributed by atoms with van der Waals surface area (Å²) in [6, 6.07) is 7.66. The van der Waals surface area contributed by atoms with Gasteiger partial charge in [-0.1, -0.05) is 50.6 Å². The zero-order valence-electron chi connectivity index (χ0n) is 15.8. The predicted octanol–water partition coefficient (Wildman–Crippen LogP) is 3.09. The molecule has 142 valence electrons. The third-order valence-electron chi connectivity index (χ3n) is 3.91. The van der Waals surface area contributed by atoms with E-state index in [-0.39, 0.29) is 17.7 Å². The number of hydrogen-bond donors (Lipinski definition) is 1. The zero-order valence-corrected chi connectivity index (χ0v) is 16.6. The smallest absolute Gasteiger partial charge is 0.230 e. The fourth-order valence-electron chi connectivity index (χ4n) is 2.58. The van der Waals surface area contributed by atoms with Crippen molar-refractivity contribution in [2.75, 3.05) is 12.9 Å². The lowest BCUT2D eigenvalue weighted by molar-refractivity contribution is -0.119. The molecule has 7 nitrogen and oxygen atoms in total. The van der Waals surface area contributed by atoms with E-state index in [0.29, 0.717) is 16.8 Å². The molecule has 0 spiro atoms. The first-order chi connectivity index (χ1) is 12.5. The van der Waals surface area contributed by atoms with Crippen molar-refractivity contribution in [1.29, 1.82) is 0 Å². The third kappa shape index (κ3) is 6.01. The van der Waals surface area contributed by atoms with Crippen molar-refractivity contribution < 1.29 is 9.53 Å². The van der Waals surface area contributed by atoms with E-state index in [1.54, 1.807) is 11.8 Å². The highest BCUT2D eigenvalue weighted by molar-refractivity contribution is 7.99. The van der Waals surface area contributed by atoms with Crippen LogP contribution in [0, 0.1) is 5.92 Å². The van der Waals surface area contributed by atoms with Crippen LogP contribution in [0.3, 0.4) is 0 Å². The quantitative estimate of drug-likeness (QED) is 0.641. The molecule has 0 saturated carbocycles. The minimum Gasteiger partial charge on any atom is -0.494 e. The molecule has 0 radical (unpaired) electrons. The van der Waals surface area contributed by atoms with Crippen LogP contribution in [0.25, 0.3) is 5.69 Å². The Balaban J connectivity index is 1.89. The molecule has 0 bridgehead atoms. The summed E-state index contributed by atoms with van der Waals surface area (Å²) in [4.78, 5) is 12.2. The summed E-state index contributed by atoms with van der Waals surface area (Å²) < 4.78 is 6.94. The minimum atomic E-state index is -0.0124. The Kier molecular flexibility index (Phi) is 7.90. The van der Waals surface area contributed by atoms with Crippen LogP contribution in [0.5, 0.6) is 5.75 Å². The first-order valence-electron chi connectivity index (χ1n) is 8.85. The van der Waals surface area contributed by atoms with Gasteiger partial charge in [0.15, 0.2) is 0 Å². The van der Waals surface area contributed by atoms with Crippen molar-refractivity contribution >= 4 is 17.7 Å². The second-order valence-corrected chi connectivity index (χ2v) is 7.57. The number of methoxy groups -OCH3 is 1. The maximum atomic E-state index is 12.2. The van der Waals surface area contributed by atoms with Crippen LogP contribution < -0.4 is 10.1 Å². The first-order valence-corrected chi connectivity index (χ1v) is 9.83. The Hall–Kier alpha value is -2.09. The van der Waals surface area contributed by atoms with Gasteiger partial charge in [-0.3, -0.25) is 4.79 Å². The van der Waals surface area contributed by atoms with Crippen molar-refractivity contribution in [1.82, 2.24) is 25.5 Å². The Morgan fingerprint density at radius 1 is 1.27 bits per heavy atom. The lowest BCUT2D eigenvalue weighted by atomic mass is 10.0. The van der Waals surface area contributed by atoms with Crippen molar-refractivity contribution in [3.8, 4) is 11.4 Å². The Morgan fingerprint density at radius 2 is 2.04 bits per heavy atom. The average Bonchev–Trinajstić information content (AvgIpc) is 3.08. The second-order valence-electron chi connectivity index (χ2n) is 6.63. The maximum Gasteiger partial charge on any atom is 0.230 e. The molecule has 26 heavy (non-hydrogen) atoms. The average molecular weight is 378 g/mol. The van der Waals surface area contributed by atoms with Gasteiger partial charge in [0.2, 0.25) is 11.1 Å². The van der Waals surface area contributed by atoms with Gasteiger partial charge in [0.05, 0.1) is 12.9 Å². The fourth-order valence-corrected chi connectivity index (χ4v) is 3.27. The molecule has 0 aliphatic carbocycles. The molecule has 0 fully saturated rings. The molecule has 2 aromatic rings. The van der Waals surface area contributed by atoms with Crippen LogP contribution in [-0.2, 0) is 4.79 Å². The van der Waals surface area contributed by atoms with Gasteiger partial charge in [-0.15, -0.1) is 5.10 Å². The lowest BCUT2D eigenvalue weighted by Crippen LogP contribution is -2.33. The molecule has 1 aromatic heterocycles. The molecule has 1 aromatic carbocycles. The summed E-state index contributed by atoms with van der Waals surface area (Å²) in [5, 5.41) is 15.3. The van der Waals surface area contributed by atoms with Crippen molar-refractivity contribution in [2.24, 2.45) is 5.92 Å². The van der Waals surface area contributed by atoms with Gasteiger partial charge in [-0.2, -0.15) is 4.68 Å². The van der Waals surface area contributed by atoms with Gasteiger partial charge < -0.3 is 10.1 Å². The summed E-state index contributed by atoms with van der Waals surface area (Å²) in [6.45, 7) is 6.47. The summed E-state index contributed by atoms with van der Waals surface area (Å²) in [5.41, 5.74) is 0.741. The predicted molar refractivity (Wildman–Crippen MR) is 103 cm³/mol. The van der Waals surface area contributed by atoms with E-state index < -0.39 is 0 Å². The summed E-state index contributed by atoms with van der Waals surface area (Å²) in [7, 11) is 1.60. The Labute approximate surface area is 158 Å². The molecule has 0 saturated heterocycles. The number of nitrogens with one attached hydrogen (secondary N) is 1. The Morgan fingerprint density at radius 3 is 2.77 bits per heavy atom. The van der Waals surface area contributed by atoms with Gasteiger partial charge in [0.1, 0.15) is 11.4 Å². The molecule has 1 atom stereocenters. The molecule has 0 aliphatic heterocycles.